The molecule has 0 radical (unpaired) electrons. The summed E-state index contributed by atoms with van der Waals surface area (Å²) in [7, 11) is 0. The summed E-state index contributed by atoms with van der Waals surface area (Å²) in [6.07, 6.45) is -9.43. The number of amides is 2. The van der Waals surface area contributed by atoms with Gasteiger partial charge in [0.25, 0.3) is 18.2 Å². The average molecular weight is 551 g/mol. The Kier molecular flexibility index (Phi) is 9.57. The van der Waals surface area contributed by atoms with Crippen molar-refractivity contribution in [2.24, 2.45) is 0 Å². The molecule has 3 rings (SSSR count). The second kappa shape index (κ2) is 12.5. The van der Waals surface area contributed by atoms with Crippen LogP contribution in [-0.2, 0) is 9.53 Å². The van der Waals surface area contributed by atoms with Gasteiger partial charge in [-0.3, -0.25) is 14.8 Å². The van der Waals surface area contributed by atoms with Crippen LogP contribution >= 0.6 is 0 Å². The summed E-state index contributed by atoms with van der Waals surface area (Å²) in [5, 5.41) is 50.4. The number of hydroxylamine groups is 1. The fraction of sp³-hybridized carbons (Fsp3) is 0.385. The standard InChI is InChI=1S/C26H28F2N2O9/c1-13-18(31)19(32)20(33)24(38-13)39-17-11-7-15(8-12-17)4-3-14-5-9-16(10-6-14)22(34)29-21(23(35)30-37)26(2,36)25(27)28/h5-13,18-21,24-25,31-33,36-37H,1-2H3,(H,29,34)(H,30,35)/t13-,18+,19+,20-,21?,24?,26?/m0/s1. The van der Waals surface area contributed by atoms with E-state index in [1.807, 2.05) is 5.32 Å². The molecule has 1 heterocycles. The topological polar surface area (TPSA) is 178 Å². The Hall–Kier alpha value is -3.64. The Morgan fingerprint density at radius 1 is 0.974 bits per heavy atom. The highest BCUT2D eigenvalue weighted by Crippen LogP contribution is 2.24. The Balaban J connectivity index is 1.64. The summed E-state index contributed by atoms with van der Waals surface area (Å²) in [5.74, 6) is 3.74. The van der Waals surface area contributed by atoms with Crippen molar-refractivity contribution < 1.29 is 53.5 Å². The smallest absolute Gasteiger partial charge is 0.269 e. The largest absolute Gasteiger partial charge is 0.462 e. The minimum atomic E-state index is -3.39. The van der Waals surface area contributed by atoms with E-state index in [4.69, 9.17) is 14.7 Å². The number of halogens is 2. The third-order valence-corrected chi connectivity index (χ3v) is 6.09. The van der Waals surface area contributed by atoms with E-state index in [-0.39, 0.29) is 5.56 Å². The van der Waals surface area contributed by atoms with Crippen molar-refractivity contribution in [2.45, 2.75) is 62.6 Å². The van der Waals surface area contributed by atoms with Gasteiger partial charge < -0.3 is 35.2 Å². The molecule has 7 N–H and O–H groups in total. The normalized spacial score (nSPS) is 25.0. The summed E-state index contributed by atoms with van der Waals surface area (Å²) in [6, 6.07) is 9.92. The highest BCUT2D eigenvalue weighted by Gasteiger charge is 2.46. The van der Waals surface area contributed by atoms with Crippen LogP contribution in [0.2, 0.25) is 0 Å². The van der Waals surface area contributed by atoms with Crippen LogP contribution < -0.4 is 15.5 Å². The van der Waals surface area contributed by atoms with Gasteiger partial charge in [-0.15, -0.1) is 0 Å². The Bertz CT molecular complexity index is 1210. The van der Waals surface area contributed by atoms with Crippen LogP contribution in [0.5, 0.6) is 5.75 Å². The van der Waals surface area contributed by atoms with Gasteiger partial charge in [0.05, 0.1) is 6.10 Å². The fourth-order valence-electron chi connectivity index (χ4n) is 3.59. The SMILES string of the molecule is C[C@@H]1OC(Oc2ccc(C#Cc3ccc(C(=O)NC(C(=O)NO)C(C)(O)C(F)F)cc3)cc2)[C@@H](O)[C@H](O)[C@@H]1O. The van der Waals surface area contributed by atoms with E-state index in [1.165, 1.54) is 31.2 Å². The second-order valence-electron chi connectivity index (χ2n) is 9.06. The van der Waals surface area contributed by atoms with E-state index >= 15 is 0 Å². The summed E-state index contributed by atoms with van der Waals surface area (Å²) >= 11 is 0. The molecule has 1 fully saturated rings. The zero-order valence-electron chi connectivity index (χ0n) is 20.8. The highest BCUT2D eigenvalue weighted by atomic mass is 19.3. The van der Waals surface area contributed by atoms with Crippen LogP contribution in [0.3, 0.4) is 0 Å². The maximum absolute atomic E-state index is 13.2. The summed E-state index contributed by atoms with van der Waals surface area (Å²) in [4.78, 5) is 24.2. The van der Waals surface area contributed by atoms with Crippen LogP contribution in [0, 0.1) is 11.8 Å². The quantitative estimate of drug-likeness (QED) is 0.141. The number of ether oxygens (including phenoxy) is 2. The number of aliphatic hydroxyl groups is 4. The van der Waals surface area contributed by atoms with Gasteiger partial charge in [0, 0.05) is 16.7 Å². The van der Waals surface area contributed by atoms with E-state index in [9.17, 15) is 38.8 Å². The monoisotopic (exact) mass is 550 g/mol. The van der Waals surface area contributed by atoms with Crippen LogP contribution in [0.4, 0.5) is 8.78 Å². The lowest BCUT2D eigenvalue weighted by Gasteiger charge is -2.38. The zero-order valence-corrected chi connectivity index (χ0v) is 20.8. The molecule has 7 atom stereocenters. The van der Waals surface area contributed by atoms with Gasteiger partial charge in [0.15, 0.2) is 5.60 Å². The molecule has 1 aliphatic heterocycles. The average Bonchev–Trinajstić information content (AvgIpc) is 2.92. The third-order valence-electron chi connectivity index (χ3n) is 6.09. The molecule has 2 aromatic carbocycles. The Labute approximate surface area is 221 Å². The number of rotatable bonds is 7. The summed E-state index contributed by atoms with van der Waals surface area (Å²) in [5.41, 5.74) is -0.726. The van der Waals surface area contributed by atoms with E-state index in [0.717, 1.165) is 5.48 Å². The molecule has 0 bridgehead atoms. The summed E-state index contributed by atoms with van der Waals surface area (Å²) in [6.45, 7) is 2.19. The fourth-order valence-corrected chi connectivity index (χ4v) is 3.59. The predicted molar refractivity (Wildman–Crippen MR) is 130 cm³/mol. The van der Waals surface area contributed by atoms with Gasteiger partial charge in [-0.1, -0.05) is 11.8 Å². The predicted octanol–water partition coefficient (Wildman–Crippen LogP) is -0.0874. The minimum absolute atomic E-state index is 0.0121. The van der Waals surface area contributed by atoms with Crippen LogP contribution in [-0.4, -0.2) is 86.2 Å². The lowest BCUT2D eigenvalue weighted by Crippen LogP contribution is -2.61. The van der Waals surface area contributed by atoms with Gasteiger partial charge in [-0.05, 0) is 62.4 Å². The summed E-state index contributed by atoms with van der Waals surface area (Å²) < 4.78 is 37.3. The van der Waals surface area contributed by atoms with Gasteiger partial charge in [0.1, 0.15) is 30.1 Å². The number of benzene rings is 2. The van der Waals surface area contributed by atoms with Gasteiger partial charge in [-0.2, -0.15) is 0 Å². The zero-order chi connectivity index (χ0) is 28.9. The number of aliphatic hydroxyl groups excluding tert-OH is 3. The van der Waals surface area contributed by atoms with E-state index < -0.39 is 60.6 Å². The van der Waals surface area contributed by atoms with E-state index in [0.29, 0.717) is 23.8 Å². The molecule has 11 nitrogen and oxygen atoms in total. The molecular formula is C26H28F2N2O9. The molecule has 3 unspecified atom stereocenters. The van der Waals surface area contributed by atoms with Crippen molar-refractivity contribution in [3.05, 3.63) is 65.2 Å². The molecule has 0 aliphatic carbocycles. The van der Waals surface area contributed by atoms with Crippen molar-refractivity contribution in [1.82, 2.24) is 10.8 Å². The lowest BCUT2D eigenvalue weighted by atomic mass is 9.95. The molecule has 0 spiro atoms. The van der Waals surface area contributed by atoms with E-state index in [2.05, 4.69) is 11.8 Å². The van der Waals surface area contributed by atoms with Crippen molar-refractivity contribution >= 4 is 11.8 Å². The molecule has 13 heteroatoms. The number of carbonyl (C=O) groups is 2. The molecule has 2 amide bonds. The molecule has 0 aromatic heterocycles. The first-order chi connectivity index (χ1) is 18.3. The second-order valence-corrected chi connectivity index (χ2v) is 9.06. The van der Waals surface area contributed by atoms with E-state index in [1.54, 1.807) is 24.3 Å². The Morgan fingerprint density at radius 2 is 1.51 bits per heavy atom. The van der Waals surface area contributed by atoms with Crippen molar-refractivity contribution in [2.75, 3.05) is 0 Å². The third kappa shape index (κ3) is 7.07. The van der Waals surface area contributed by atoms with Gasteiger partial charge >= 0.3 is 0 Å². The highest BCUT2D eigenvalue weighted by molar-refractivity contribution is 5.97. The van der Waals surface area contributed by atoms with Crippen LogP contribution in [0.25, 0.3) is 0 Å². The van der Waals surface area contributed by atoms with Crippen molar-refractivity contribution in [3.8, 4) is 17.6 Å². The molecule has 0 saturated carbocycles. The van der Waals surface area contributed by atoms with Gasteiger partial charge in [-0.25, -0.2) is 14.3 Å². The number of hydrogen-bond donors (Lipinski definition) is 7. The lowest BCUT2D eigenvalue weighted by molar-refractivity contribution is -0.268. The molecule has 2 aromatic rings. The van der Waals surface area contributed by atoms with Gasteiger partial charge in [0.2, 0.25) is 6.29 Å². The first-order valence-corrected chi connectivity index (χ1v) is 11.7. The molecule has 210 valence electrons. The molecule has 1 saturated heterocycles. The van der Waals surface area contributed by atoms with Crippen LogP contribution in [0.15, 0.2) is 48.5 Å². The molecular weight excluding hydrogens is 522 g/mol. The van der Waals surface area contributed by atoms with Crippen LogP contribution in [0.1, 0.15) is 35.3 Å². The number of nitrogens with one attached hydrogen (secondary N) is 2. The first kappa shape index (κ1) is 29.9. The number of alkyl halides is 2. The maximum atomic E-state index is 13.2. The maximum Gasteiger partial charge on any atom is 0.269 e. The first-order valence-electron chi connectivity index (χ1n) is 11.7. The Morgan fingerprint density at radius 3 is 2.03 bits per heavy atom. The van der Waals surface area contributed by atoms with Crippen molar-refractivity contribution in [1.29, 1.82) is 0 Å². The molecule has 1 aliphatic rings. The number of hydrogen-bond acceptors (Lipinski definition) is 9. The number of carbonyl (C=O) groups excluding carboxylic acids is 2. The minimum Gasteiger partial charge on any atom is -0.462 e. The molecule has 39 heavy (non-hydrogen) atoms. The van der Waals surface area contributed by atoms with Crippen molar-refractivity contribution in [3.63, 3.8) is 0 Å².